The van der Waals surface area contributed by atoms with E-state index in [4.69, 9.17) is 0 Å². The molecule has 52 heavy (non-hydrogen) atoms. The average molecular weight is 711 g/mol. The maximum Gasteiger partial charge on any atom is 0.263 e. The highest BCUT2D eigenvalue weighted by Gasteiger charge is 2.33. The van der Waals surface area contributed by atoms with Crippen molar-refractivity contribution in [2.24, 2.45) is 0 Å². The summed E-state index contributed by atoms with van der Waals surface area (Å²) in [4.78, 5) is 14.9. The fraction of sp³-hybridized carbons (Fsp3) is 0.0227. The lowest BCUT2D eigenvalue weighted by molar-refractivity contribution is 0.537. The van der Waals surface area contributed by atoms with Crippen molar-refractivity contribution in [1.82, 2.24) is 4.40 Å². The fourth-order valence-electron chi connectivity index (χ4n) is 7.85. The summed E-state index contributed by atoms with van der Waals surface area (Å²) in [6.07, 6.45) is 4.27. The van der Waals surface area contributed by atoms with Crippen LogP contribution in [0.2, 0.25) is 0 Å². The number of allylic oxidation sites excluding steroid dienone is 4. The molecule has 0 saturated carbocycles. The Kier molecular flexibility index (Phi) is 6.61. The van der Waals surface area contributed by atoms with Gasteiger partial charge in [-0.25, -0.2) is 8.42 Å². The topological polar surface area (TPSA) is 95.8 Å². The van der Waals surface area contributed by atoms with E-state index in [0.29, 0.717) is 39.0 Å². The molecule has 1 aliphatic heterocycles. The van der Waals surface area contributed by atoms with Crippen molar-refractivity contribution in [2.45, 2.75) is 21.1 Å². The van der Waals surface area contributed by atoms with Crippen molar-refractivity contribution >= 4 is 70.0 Å². The lowest BCUT2D eigenvalue weighted by Crippen LogP contribution is -2.12. The number of sulfone groups is 1. The van der Waals surface area contributed by atoms with Crippen LogP contribution in [-0.2, 0) is 20.9 Å². The number of hydrogen-bond donors (Lipinski definition) is 0. The highest BCUT2D eigenvalue weighted by molar-refractivity contribution is 7.92. The molecular formula is C44H24NO5S2-. The Bertz CT molecular complexity index is 3230. The molecule has 0 spiro atoms. The van der Waals surface area contributed by atoms with E-state index in [1.54, 1.807) is 46.9 Å². The maximum atomic E-state index is 14.1. The van der Waals surface area contributed by atoms with Crippen molar-refractivity contribution < 1.29 is 17.2 Å². The van der Waals surface area contributed by atoms with Gasteiger partial charge in [0.25, 0.3) is 5.56 Å². The molecule has 0 bridgehead atoms. The van der Waals surface area contributed by atoms with Crippen LogP contribution in [0.5, 0.6) is 0 Å². The third-order valence-electron chi connectivity index (χ3n) is 10.3. The molecule has 3 heterocycles. The van der Waals surface area contributed by atoms with Crippen molar-refractivity contribution in [2.75, 3.05) is 0 Å². The van der Waals surface area contributed by atoms with Gasteiger partial charge in [0.15, 0.2) is 0 Å². The second kappa shape index (κ2) is 11.2. The van der Waals surface area contributed by atoms with Gasteiger partial charge in [-0.05, 0) is 93.3 Å². The van der Waals surface area contributed by atoms with E-state index in [2.05, 4.69) is 30.0 Å². The highest BCUT2D eigenvalue weighted by atomic mass is 32.2. The van der Waals surface area contributed by atoms with Crippen molar-refractivity contribution in [3.8, 4) is 34.1 Å². The molecule has 8 aromatic rings. The number of aromatic nitrogens is 1. The zero-order chi connectivity index (χ0) is 35.3. The van der Waals surface area contributed by atoms with Crippen LogP contribution in [0.1, 0.15) is 17.5 Å². The molecule has 0 fully saturated rings. The van der Waals surface area contributed by atoms with Crippen LogP contribution < -0.4 is 5.56 Å². The van der Waals surface area contributed by atoms with E-state index in [-0.39, 0.29) is 15.4 Å². The van der Waals surface area contributed by atoms with E-state index in [1.807, 2.05) is 72.8 Å². The highest BCUT2D eigenvalue weighted by Crippen LogP contribution is 2.45. The Morgan fingerprint density at radius 1 is 0.635 bits per heavy atom. The first-order chi connectivity index (χ1) is 25.3. The Morgan fingerprint density at radius 2 is 1.31 bits per heavy atom. The third-order valence-corrected chi connectivity index (χ3v) is 12.8. The van der Waals surface area contributed by atoms with Gasteiger partial charge in [-0.15, -0.1) is 0 Å². The summed E-state index contributed by atoms with van der Waals surface area (Å²) in [5, 5.41) is 4.08. The monoisotopic (exact) mass is 710 g/mol. The van der Waals surface area contributed by atoms with Gasteiger partial charge in [-0.1, -0.05) is 90.7 Å². The fourth-order valence-corrected chi connectivity index (χ4v) is 10.1. The summed E-state index contributed by atoms with van der Waals surface area (Å²) in [5.41, 5.74) is 7.53. The predicted molar refractivity (Wildman–Crippen MR) is 206 cm³/mol. The predicted octanol–water partition coefficient (Wildman–Crippen LogP) is 8.79. The Hall–Kier alpha value is -6.11. The number of rotatable bonds is 4. The summed E-state index contributed by atoms with van der Waals surface area (Å²) >= 11 is -2.40. The molecular weight excluding hydrogens is 687 g/mol. The van der Waals surface area contributed by atoms with E-state index in [0.717, 1.165) is 54.8 Å². The zero-order valence-corrected chi connectivity index (χ0v) is 28.8. The summed E-state index contributed by atoms with van der Waals surface area (Å²) < 4.78 is 52.9. The molecule has 0 saturated heterocycles. The standard InChI is InChI=1S/C44H25NO5S2/c46-44-35-13-2-1-11-32(35)37-23-30(29-18-20-34-33-12-4-6-15-41(33)52(49,50)42(34)25-29)24-38-36-22-28(19-21-39(36)45(44)43(37)38)26-8-7-9-27(17-16-26)31-10-3-5-14-40(31)51(47)48/h1-6,10-25H,8H2,(H,47,48)/p-1. The van der Waals surface area contributed by atoms with E-state index in [1.165, 1.54) is 0 Å². The average Bonchev–Trinajstić information content (AvgIpc) is 3.46. The van der Waals surface area contributed by atoms with E-state index >= 15 is 0 Å². The minimum Gasteiger partial charge on any atom is -0.768 e. The van der Waals surface area contributed by atoms with Crippen LogP contribution in [0.15, 0.2) is 153 Å². The number of nitrogens with zero attached hydrogens (tertiary/aromatic N) is 1. The van der Waals surface area contributed by atoms with Gasteiger partial charge >= 0.3 is 0 Å². The molecule has 1 atom stereocenters. The molecule has 0 N–H and O–H groups in total. The number of benzene rings is 6. The van der Waals surface area contributed by atoms with E-state index < -0.39 is 20.9 Å². The number of hydrogen-bond acceptors (Lipinski definition) is 5. The maximum absolute atomic E-state index is 14.1. The lowest BCUT2D eigenvalue weighted by atomic mass is 9.95. The van der Waals surface area contributed by atoms with Crippen molar-refractivity contribution in [3.63, 3.8) is 0 Å². The van der Waals surface area contributed by atoms with Gasteiger partial charge in [0.2, 0.25) is 9.84 Å². The van der Waals surface area contributed by atoms with Gasteiger partial charge in [0, 0.05) is 55.1 Å². The zero-order valence-electron chi connectivity index (χ0n) is 27.2. The van der Waals surface area contributed by atoms with Crippen LogP contribution >= 0.6 is 0 Å². The molecule has 2 aromatic heterocycles. The van der Waals surface area contributed by atoms with E-state index in [9.17, 15) is 22.0 Å². The summed E-state index contributed by atoms with van der Waals surface area (Å²) in [6, 6.07) is 37.3. The van der Waals surface area contributed by atoms with Crippen LogP contribution in [-0.4, -0.2) is 21.6 Å². The van der Waals surface area contributed by atoms with Gasteiger partial charge in [0.05, 0.1) is 20.8 Å². The molecule has 6 aromatic carbocycles. The summed E-state index contributed by atoms with van der Waals surface area (Å²) in [5.74, 6) is 6.37. The number of pyridine rings is 1. The first-order valence-electron chi connectivity index (χ1n) is 16.6. The van der Waals surface area contributed by atoms with Crippen molar-refractivity contribution in [3.05, 3.63) is 155 Å². The lowest BCUT2D eigenvalue weighted by Gasteiger charge is -2.10. The quantitative estimate of drug-likeness (QED) is 0.103. The van der Waals surface area contributed by atoms with Gasteiger partial charge < -0.3 is 4.55 Å². The van der Waals surface area contributed by atoms with Gasteiger partial charge in [0.1, 0.15) is 0 Å². The molecule has 10 rings (SSSR count). The molecule has 2 aliphatic rings. The summed E-state index contributed by atoms with van der Waals surface area (Å²) in [7, 11) is -3.68. The largest absolute Gasteiger partial charge is 0.768 e. The Morgan fingerprint density at radius 3 is 2.13 bits per heavy atom. The number of fused-ring (bicyclic) bond motifs is 8. The molecule has 6 nitrogen and oxygen atoms in total. The molecule has 0 amide bonds. The molecule has 248 valence electrons. The Balaban J connectivity index is 1.20. The minimum atomic E-state index is -3.68. The van der Waals surface area contributed by atoms with Gasteiger partial charge in [-0.2, -0.15) is 0 Å². The summed E-state index contributed by atoms with van der Waals surface area (Å²) in [6.45, 7) is 0. The van der Waals surface area contributed by atoms with Crippen LogP contribution in [0.3, 0.4) is 0 Å². The second-order valence-corrected chi connectivity index (χ2v) is 15.8. The molecule has 0 radical (unpaired) electrons. The van der Waals surface area contributed by atoms with Crippen LogP contribution in [0, 0.1) is 11.8 Å². The Labute approximate surface area is 300 Å². The molecule has 1 unspecified atom stereocenters. The smallest absolute Gasteiger partial charge is 0.263 e. The van der Waals surface area contributed by atoms with Crippen LogP contribution in [0.25, 0.3) is 71.4 Å². The first kappa shape index (κ1) is 30.7. The molecule has 1 aliphatic carbocycles. The normalized spacial score (nSPS) is 15.2. The van der Waals surface area contributed by atoms with Crippen LogP contribution in [0.4, 0.5) is 0 Å². The SMILES string of the molecule is O=c1c2ccccc2c2cc(-c3ccc4c(c3)S(=O)(=O)c3ccccc3-4)cc3c4cc(C5=CC=C(c6ccccc6S(=O)[O-])C#CC5)ccc4n1c23. The first-order valence-corrected chi connectivity index (χ1v) is 19.2. The van der Waals surface area contributed by atoms with Crippen molar-refractivity contribution in [1.29, 1.82) is 0 Å². The van der Waals surface area contributed by atoms with Gasteiger partial charge in [-0.3, -0.25) is 13.4 Å². The second-order valence-electron chi connectivity index (χ2n) is 13.0. The third kappa shape index (κ3) is 4.37. The minimum absolute atomic E-state index is 0.105. The molecule has 8 heteroatoms.